The van der Waals surface area contributed by atoms with Crippen molar-refractivity contribution in [3.05, 3.63) is 32.9 Å². The smallest absolute Gasteiger partial charge is 0.330 e. The van der Waals surface area contributed by atoms with Gasteiger partial charge >= 0.3 is 5.69 Å². The van der Waals surface area contributed by atoms with E-state index in [2.05, 4.69) is 0 Å². The lowest BCUT2D eigenvalue weighted by atomic mass is 10.3. The second kappa shape index (κ2) is 3.79. The summed E-state index contributed by atoms with van der Waals surface area (Å²) >= 11 is 5.88. The normalized spacial score (nSPS) is 25.7. The highest BCUT2D eigenvalue weighted by atomic mass is 35.5. The van der Waals surface area contributed by atoms with Crippen molar-refractivity contribution in [2.45, 2.75) is 18.0 Å². The van der Waals surface area contributed by atoms with Crippen molar-refractivity contribution in [2.75, 3.05) is 6.61 Å². The van der Waals surface area contributed by atoms with Crippen molar-refractivity contribution in [3.8, 4) is 0 Å². The Morgan fingerprint density at radius 2 is 2.33 bits per heavy atom. The summed E-state index contributed by atoms with van der Waals surface area (Å²) in [5, 5.41) is -0.395. The Hall–Kier alpha value is -1.14. The molecule has 5 nitrogen and oxygen atoms in total. The van der Waals surface area contributed by atoms with Gasteiger partial charge in [-0.2, -0.15) is 4.39 Å². The Morgan fingerprint density at radius 3 is 2.93 bits per heavy atom. The molecule has 0 spiro atoms. The summed E-state index contributed by atoms with van der Waals surface area (Å²) in [5.41, 5.74) is -1.76. The average Bonchev–Trinajstić information content (AvgIpc) is 2.58. The number of aromatic amines is 1. The maximum atomic E-state index is 12.9. The van der Waals surface area contributed by atoms with E-state index in [9.17, 15) is 14.0 Å². The van der Waals surface area contributed by atoms with E-state index in [0.29, 0.717) is 13.0 Å². The van der Waals surface area contributed by atoms with Crippen LogP contribution in [0, 0.1) is 5.82 Å². The minimum absolute atomic E-state index is 0.395. The quantitative estimate of drug-likeness (QED) is 0.706. The van der Waals surface area contributed by atoms with E-state index in [4.69, 9.17) is 16.3 Å². The van der Waals surface area contributed by atoms with E-state index >= 15 is 0 Å². The number of aromatic nitrogens is 2. The van der Waals surface area contributed by atoms with Crippen LogP contribution in [0.15, 0.2) is 15.8 Å². The molecule has 0 aromatic carbocycles. The molecule has 2 heterocycles. The molecular weight excluding hydrogens is 227 g/mol. The van der Waals surface area contributed by atoms with Gasteiger partial charge < -0.3 is 4.74 Å². The zero-order valence-corrected chi connectivity index (χ0v) is 8.33. The lowest BCUT2D eigenvalue weighted by Gasteiger charge is -2.15. The van der Waals surface area contributed by atoms with Gasteiger partial charge in [0.15, 0.2) is 6.23 Å². The molecule has 7 heteroatoms. The van der Waals surface area contributed by atoms with Crippen molar-refractivity contribution in [2.24, 2.45) is 0 Å². The predicted octanol–water partition coefficient (Wildman–Crippen LogP) is 0.202. The van der Waals surface area contributed by atoms with Gasteiger partial charge in [0.05, 0.1) is 18.2 Å². The average molecular weight is 235 g/mol. The number of ether oxygens (including phenoxy) is 1. The van der Waals surface area contributed by atoms with E-state index in [1.807, 2.05) is 4.98 Å². The molecule has 1 aliphatic heterocycles. The molecule has 0 amide bonds. The zero-order chi connectivity index (χ0) is 11.0. The van der Waals surface area contributed by atoms with Gasteiger partial charge in [0.2, 0.25) is 5.82 Å². The molecule has 1 aromatic heterocycles. The summed E-state index contributed by atoms with van der Waals surface area (Å²) in [6.07, 6.45) is 0.678. The highest BCUT2D eigenvalue weighted by molar-refractivity contribution is 6.20. The molecule has 2 atom stereocenters. The van der Waals surface area contributed by atoms with Gasteiger partial charge in [0.1, 0.15) is 0 Å². The largest absolute Gasteiger partial charge is 0.356 e. The maximum absolute atomic E-state index is 12.9. The molecule has 82 valence electrons. The molecular formula is C8H8ClFN2O3. The molecule has 0 radical (unpaired) electrons. The topological polar surface area (TPSA) is 64.1 Å². The number of nitrogens with zero attached hydrogens (tertiary/aromatic N) is 1. The number of rotatable bonds is 1. The second-order valence-electron chi connectivity index (χ2n) is 3.21. The van der Waals surface area contributed by atoms with Crippen molar-refractivity contribution < 1.29 is 9.13 Å². The van der Waals surface area contributed by atoms with Crippen molar-refractivity contribution >= 4 is 11.6 Å². The summed E-state index contributed by atoms with van der Waals surface area (Å²) in [6, 6.07) is 0. The first-order valence-electron chi connectivity index (χ1n) is 4.36. The van der Waals surface area contributed by atoms with Crippen LogP contribution in [0.1, 0.15) is 12.6 Å². The molecule has 15 heavy (non-hydrogen) atoms. The van der Waals surface area contributed by atoms with Crippen molar-refractivity contribution in [1.29, 1.82) is 0 Å². The molecule has 0 bridgehead atoms. The molecule has 1 fully saturated rings. The van der Waals surface area contributed by atoms with Crippen LogP contribution in [0.2, 0.25) is 0 Å². The number of alkyl halides is 1. The zero-order valence-electron chi connectivity index (χ0n) is 7.57. The Bertz CT molecular complexity index is 484. The van der Waals surface area contributed by atoms with Gasteiger partial charge in [-0.05, 0) is 6.42 Å². The van der Waals surface area contributed by atoms with Gasteiger partial charge in [-0.1, -0.05) is 0 Å². The lowest BCUT2D eigenvalue weighted by Crippen LogP contribution is -2.35. The third-order valence-corrected chi connectivity index (χ3v) is 2.62. The Labute approximate surface area is 88.4 Å². The summed E-state index contributed by atoms with van der Waals surface area (Å²) in [7, 11) is 0. The summed E-state index contributed by atoms with van der Waals surface area (Å²) in [4.78, 5) is 23.9. The minimum Gasteiger partial charge on any atom is -0.356 e. The highest BCUT2D eigenvalue weighted by Gasteiger charge is 2.29. The van der Waals surface area contributed by atoms with Gasteiger partial charge in [-0.25, -0.2) is 4.79 Å². The maximum Gasteiger partial charge on any atom is 0.330 e. The number of hydrogen-bond donors (Lipinski definition) is 1. The SMILES string of the molecule is O=c1[nH]c(=O)n([C@@H]2OCC[C@H]2Cl)cc1F. The molecule has 0 saturated carbocycles. The second-order valence-corrected chi connectivity index (χ2v) is 3.77. The predicted molar refractivity (Wildman–Crippen MR) is 50.5 cm³/mol. The van der Waals surface area contributed by atoms with Crippen LogP contribution in [0.5, 0.6) is 0 Å². The van der Waals surface area contributed by atoms with Crippen LogP contribution >= 0.6 is 11.6 Å². The van der Waals surface area contributed by atoms with E-state index in [1.54, 1.807) is 0 Å². The van der Waals surface area contributed by atoms with Gasteiger partial charge in [-0.15, -0.1) is 11.6 Å². The lowest BCUT2D eigenvalue weighted by molar-refractivity contribution is 0.0533. The van der Waals surface area contributed by atoms with Gasteiger partial charge in [-0.3, -0.25) is 14.3 Å². The third kappa shape index (κ3) is 1.82. The van der Waals surface area contributed by atoms with Gasteiger partial charge in [0.25, 0.3) is 5.56 Å². The molecule has 1 saturated heterocycles. The van der Waals surface area contributed by atoms with Crippen molar-refractivity contribution in [3.63, 3.8) is 0 Å². The standard InChI is InChI=1S/C8H8ClFN2O3/c9-4-1-2-15-7(4)12-3-5(10)6(13)11-8(12)14/h3-4,7H,1-2H2,(H,11,13,14)/t4-,7-/m1/s1. The molecule has 1 aliphatic rings. The van der Waals surface area contributed by atoms with E-state index in [-0.39, 0.29) is 0 Å². The molecule has 1 N–H and O–H groups in total. The van der Waals surface area contributed by atoms with Crippen LogP contribution in [0.4, 0.5) is 4.39 Å². The fourth-order valence-corrected chi connectivity index (χ4v) is 1.74. The number of halogens is 2. The molecule has 1 aromatic rings. The van der Waals surface area contributed by atoms with E-state index in [1.165, 1.54) is 0 Å². The molecule has 0 aliphatic carbocycles. The van der Waals surface area contributed by atoms with Crippen molar-refractivity contribution in [1.82, 2.24) is 9.55 Å². The summed E-state index contributed by atoms with van der Waals surface area (Å²) < 4.78 is 19.1. The fourth-order valence-electron chi connectivity index (χ4n) is 1.45. The van der Waals surface area contributed by atoms with Crippen LogP contribution in [0.25, 0.3) is 0 Å². The van der Waals surface area contributed by atoms with E-state index in [0.717, 1.165) is 10.8 Å². The number of hydrogen-bond acceptors (Lipinski definition) is 3. The van der Waals surface area contributed by atoms with Crippen LogP contribution < -0.4 is 11.2 Å². The number of nitrogens with one attached hydrogen (secondary N) is 1. The molecule has 2 rings (SSSR count). The van der Waals surface area contributed by atoms with Crippen LogP contribution in [0.3, 0.4) is 0 Å². The molecule has 0 unspecified atom stereocenters. The first kappa shape index (κ1) is 10.4. The third-order valence-electron chi connectivity index (χ3n) is 2.19. The van der Waals surface area contributed by atoms with Gasteiger partial charge in [0, 0.05) is 0 Å². The first-order chi connectivity index (χ1) is 7.09. The highest BCUT2D eigenvalue weighted by Crippen LogP contribution is 2.26. The van der Waals surface area contributed by atoms with Crippen LogP contribution in [-0.2, 0) is 4.74 Å². The summed E-state index contributed by atoms with van der Waals surface area (Å²) in [5.74, 6) is -1.03. The summed E-state index contributed by atoms with van der Waals surface area (Å²) in [6.45, 7) is 0.409. The van der Waals surface area contributed by atoms with E-state index < -0.39 is 28.7 Å². The van der Waals surface area contributed by atoms with Crippen LogP contribution in [-0.4, -0.2) is 21.5 Å². The Morgan fingerprint density at radius 1 is 1.60 bits per heavy atom. The monoisotopic (exact) mass is 234 g/mol. The Kier molecular flexibility index (Phi) is 2.62. The fraction of sp³-hybridized carbons (Fsp3) is 0.500. The Balaban J connectivity index is 2.48. The first-order valence-corrected chi connectivity index (χ1v) is 4.80. The minimum atomic E-state index is -1.04. The number of H-pyrrole nitrogens is 1.